The minimum absolute atomic E-state index is 0.0210. The summed E-state index contributed by atoms with van der Waals surface area (Å²) in [7, 11) is 0. The molecule has 1 aromatic heterocycles. The number of esters is 1. The molecule has 3 rings (SSSR count). The fraction of sp³-hybridized carbons (Fsp3) is 0.150. The summed E-state index contributed by atoms with van der Waals surface area (Å²) in [5.74, 6) is -1.31. The van der Waals surface area contributed by atoms with Gasteiger partial charge in [-0.2, -0.15) is 5.26 Å². The van der Waals surface area contributed by atoms with Crippen LogP contribution in [0.25, 0.3) is 10.9 Å². The van der Waals surface area contributed by atoms with Crippen molar-refractivity contribution in [2.45, 2.75) is 12.8 Å². The molecule has 0 spiro atoms. The topological polar surface area (TPSA) is 98.2 Å². The number of pyridine rings is 1. The quantitative estimate of drug-likeness (QED) is 0.492. The lowest BCUT2D eigenvalue weighted by Gasteiger charge is -2.27. The highest BCUT2D eigenvalue weighted by molar-refractivity contribution is 6.30. The number of nitrogens with two attached hydrogens (primary N) is 1. The van der Waals surface area contributed by atoms with Gasteiger partial charge in [0.1, 0.15) is 29.2 Å². The van der Waals surface area contributed by atoms with E-state index in [0.717, 1.165) is 5.39 Å². The van der Waals surface area contributed by atoms with E-state index in [1.165, 1.54) is 6.08 Å². The Bertz CT molecular complexity index is 1050. The number of carbonyl (C=O) groups is 1. The molecule has 0 amide bonds. The Morgan fingerprint density at radius 1 is 1.52 bits per heavy atom. The number of hydrogen-bond acceptors (Lipinski definition) is 6. The zero-order chi connectivity index (χ0) is 19.6. The molecule has 6 nitrogen and oxygen atoms in total. The highest BCUT2D eigenvalue weighted by Crippen LogP contribution is 2.42. The van der Waals surface area contributed by atoms with Crippen molar-refractivity contribution in [2.24, 2.45) is 5.73 Å². The Balaban J connectivity index is 2.22. The molecule has 0 saturated carbocycles. The molecule has 0 bridgehead atoms. The number of hydrogen-bond donors (Lipinski definition) is 1. The van der Waals surface area contributed by atoms with E-state index in [1.807, 2.05) is 30.3 Å². The second kappa shape index (κ2) is 7.52. The lowest BCUT2D eigenvalue weighted by molar-refractivity contribution is -0.138. The SMILES string of the molecule is C=CCOC(=O)C1=C(C)OC(N)=C(C#N)[C@@H]1c1cc2ccccc2nc1Cl. The van der Waals surface area contributed by atoms with Crippen molar-refractivity contribution in [3.8, 4) is 6.07 Å². The standard InChI is InChI=1S/C20H16ClN3O3/c1-3-8-26-20(25)16-11(2)27-19(23)14(10-22)17(16)13-9-12-6-4-5-7-15(12)24-18(13)21/h3-7,9,17H,1,8,23H2,2H3/t17-/m0/s1. The predicted molar refractivity (Wildman–Crippen MR) is 101 cm³/mol. The van der Waals surface area contributed by atoms with Crippen molar-refractivity contribution < 1.29 is 14.3 Å². The Hall–Kier alpha value is -3.30. The molecule has 136 valence electrons. The molecule has 7 heteroatoms. The van der Waals surface area contributed by atoms with E-state index >= 15 is 0 Å². The van der Waals surface area contributed by atoms with Gasteiger partial charge < -0.3 is 15.2 Å². The molecular weight excluding hydrogens is 366 g/mol. The summed E-state index contributed by atoms with van der Waals surface area (Å²) in [6.07, 6.45) is 1.45. The summed E-state index contributed by atoms with van der Waals surface area (Å²) < 4.78 is 10.6. The van der Waals surface area contributed by atoms with Crippen molar-refractivity contribution in [3.05, 3.63) is 76.5 Å². The highest BCUT2D eigenvalue weighted by atomic mass is 35.5. The zero-order valence-corrected chi connectivity index (χ0v) is 15.3. The van der Waals surface area contributed by atoms with Crippen molar-refractivity contribution in [2.75, 3.05) is 6.61 Å². The largest absolute Gasteiger partial charge is 0.458 e. The first-order valence-corrected chi connectivity index (χ1v) is 8.47. The van der Waals surface area contributed by atoms with Crippen LogP contribution in [0.5, 0.6) is 0 Å². The molecule has 27 heavy (non-hydrogen) atoms. The van der Waals surface area contributed by atoms with Crippen LogP contribution in [0.2, 0.25) is 5.15 Å². The van der Waals surface area contributed by atoms with Gasteiger partial charge >= 0.3 is 5.97 Å². The summed E-state index contributed by atoms with van der Waals surface area (Å²) >= 11 is 6.41. The number of benzene rings is 1. The third-order valence-corrected chi connectivity index (χ3v) is 4.48. The average Bonchev–Trinajstić information content (AvgIpc) is 2.65. The van der Waals surface area contributed by atoms with Crippen molar-refractivity contribution in [1.29, 1.82) is 5.26 Å². The van der Waals surface area contributed by atoms with E-state index in [2.05, 4.69) is 11.6 Å². The van der Waals surface area contributed by atoms with Gasteiger partial charge in [-0.05, 0) is 19.1 Å². The van der Waals surface area contributed by atoms with Gasteiger partial charge in [0, 0.05) is 10.9 Å². The predicted octanol–water partition coefficient (Wildman–Crippen LogP) is 3.70. The number of halogens is 1. The normalized spacial score (nSPS) is 16.7. The molecule has 0 radical (unpaired) electrons. The summed E-state index contributed by atoms with van der Waals surface area (Å²) in [6.45, 7) is 5.13. The average molecular weight is 382 g/mol. The molecule has 0 aliphatic carbocycles. The van der Waals surface area contributed by atoms with Crippen LogP contribution in [-0.2, 0) is 14.3 Å². The first kappa shape index (κ1) is 18.5. The molecular formula is C20H16ClN3O3. The molecule has 0 saturated heterocycles. The van der Waals surface area contributed by atoms with Crippen LogP contribution < -0.4 is 5.73 Å². The van der Waals surface area contributed by atoms with E-state index < -0.39 is 11.9 Å². The van der Waals surface area contributed by atoms with Crippen LogP contribution in [0.4, 0.5) is 0 Å². The van der Waals surface area contributed by atoms with Gasteiger partial charge in [-0.3, -0.25) is 0 Å². The minimum atomic E-state index is -0.842. The summed E-state index contributed by atoms with van der Waals surface area (Å²) in [4.78, 5) is 17.0. The highest BCUT2D eigenvalue weighted by Gasteiger charge is 2.37. The van der Waals surface area contributed by atoms with Gasteiger partial charge in [-0.15, -0.1) is 0 Å². The monoisotopic (exact) mass is 381 g/mol. The van der Waals surface area contributed by atoms with Gasteiger partial charge in [-0.1, -0.05) is 42.5 Å². The molecule has 2 aromatic rings. The lowest BCUT2D eigenvalue weighted by Crippen LogP contribution is -2.26. The lowest BCUT2D eigenvalue weighted by atomic mass is 9.83. The molecule has 1 aliphatic rings. The van der Waals surface area contributed by atoms with E-state index in [4.69, 9.17) is 26.8 Å². The van der Waals surface area contributed by atoms with Crippen LogP contribution in [-0.4, -0.2) is 17.6 Å². The van der Waals surface area contributed by atoms with Gasteiger partial charge in [0.25, 0.3) is 0 Å². The van der Waals surface area contributed by atoms with Crippen LogP contribution in [0.15, 0.2) is 65.8 Å². The smallest absolute Gasteiger partial charge is 0.338 e. The number of carbonyl (C=O) groups excluding carboxylic acids is 1. The van der Waals surface area contributed by atoms with Crippen LogP contribution >= 0.6 is 11.6 Å². The third kappa shape index (κ3) is 3.37. The second-order valence-corrected chi connectivity index (χ2v) is 6.20. The number of allylic oxidation sites excluding steroid dienone is 2. The zero-order valence-electron chi connectivity index (χ0n) is 14.5. The molecule has 0 fully saturated rings. The molecule has 2 heterocycles. The van der Waals surface area contributed by atoms with E-state index in [9.17, 15) is 10.1 Å². The third-order valence-electron chi connectivity index (χ3n) is 4.17. The van der Waals surface area contributed by atoms with Gasteiger partial charge in [0.15, 0.2) is 0 Å². The second-order valence-electron chi connectivity index (χ2n) is 5.84. The Morgan fingerprint density at radius 2 is 2.26 bits per heavy atom. The number of rotatable bonds is 4. The maximum absolute atomic E-state index is 12.7. The van der Waals surface area contributed by atoms with Gasteiger partial charge in [-0.25, -0.2) is 9.78 Å². The van der Waals surface area contributed by atoms with Crippen LogP contribution in [0, 0.1) is 11.3 Å². The molecule has 1 aliphatic heterocycles. The van der Waals surface area contributed by atoms with Gasteiger partial charge in [0.05, 0.1) is 17.0 Å². The summed E-state index contributed by atoms with van der Waals surface area (Å²) in [5, 5.41) is 10.6. The fourth-order valence-corrected chi connectivity index (χ4v) is 3.24. The Labute approximate surface area is 161 Å². The van der Waals surface area contributed by atoms with E-state index in [-0.39, 0.29) is 34.5 Å². The summed E-state index contributed by atoms with van der Waals surface area (Å²) in [6, 6.07) is 11.2. The molecule has 0 unspecified atom stereocenters. The minimum Gasteiger partial charge on any atom is -0.458 e. The number of fused-ring (bicyclic) bond motifs is 1. The van der Waals surface area contributed by atoms with Gasteiger partial charge in [0.2, 0.25) is 5.88 Å². The maximum atomic E-state index is 12.7. The van der Waals surface area contributed by atoms with E-state index in [1.54, 1.807) is 13.0 Å². The van der Waals surface area contributed by atoms with Crippen molar-refractivity contribution in [1.82, 2.24) is 4.98 Å². The molecule has 1 aromatic carbocycles. The number of nitriles is 1. The summed E-state index contributed by atoms with van der Waals surface area (Å²) in [5.41, 5.74) is 7.30. The number of nitrogens with zero attached hydrogens (tertiary/aromatic N) is 2. The fourth-order valence-electron chi connectivity index (χ4n) is 2.98. The Kier molecular flexibility index (Phi) is 5.15. The molecule has 2 N–H and O–H groups in total. The molecule has 1 atom stereocenters. The van der Waals surface area contributed by atoms with Crippen LogP contribution in [0.3, 0.4) is 0 Å². The first-order valence-electron chi connectivity index (χ1n) is 8.09. The van der Waals surface area contributed by atoms with E-state index in [0.29, 0.717) is 11.1 Å². The number of aromatic nitrogens is 1. The maximum Gasteiger partial charge on any atom is 0.338 e. The Morgan fingerprint density at radius 3 is 2.96 bits per heavy atom. The number of ether oxygens (including phenoxy) is 2. The van der Waals surface area contributed by atoms with Crippen LogP contribution in [0.1, 0.15) is 18.4 Å². The van der Waals surface area contributed by atoms with Crippen molar-refractivity contribution >= 4 is 28.5 Å². The number of para-hydroxylation sites is 1. The first-order chi connectivity index (χ1) is 13.0. The van der Waals surface area contributed by atoms with Crippen molar-refractivity contribution in [3.63, 3.8) is 0 Å².